The monoisotopic (exact) mass is 542 g/mol. The zero-order chi connectivity index (χ0) is 28.0. The molecule has 208 valence electrons. The largest absolute Gasteiger partial charge is 0.381 e. The summed E-state index contributed by atoms with van der Waals surface area (Å²) < 4.78 is 17.0. The fourth-order valence-corrected chi connectivity index (χ4v) is 8.97. The molecule has 3 saturated carbocycles. The number of fused-ring (bicyclic) bond motifs is 6. The Balaban J connectivity index is 1.20. The first-order valence-corrected chi connectivity index (χ1v) is 14.3. The van der Waals surface area contributed by atoms with Gasteiger partial charge in [-0.05, 0) is 92.3 Å². The van der Waals surface area contributed by atoms with Crippen LogP contribution < -0.4 is 0 Å². The maximum absolute atomic E-state index is 14.2. The van der Waals surface area contributed by atoms with Crippen molar-refractivity contribution in [3.8, 4) is 5.69 Å². The second-order valence-corrected chi connectivity index (χ2v) is 13.1. The van der Waals surface area contributed by atoms with Gasteiger partial charge < -0.3 is 5.11 Å². The second kappa shape index (κ2) is 8.56. The van der Waals surface area contributed by atoms with Gasteiger partial charge in [0.2, 0.25) is 0 Å². The van der Waals surface area contributed by atoms with E-state index >= 15 is 0 Å². The minimum absolute atomic E-state index is 0.0142. The van der Waals surface area contributed by atoms with Crippen LogP contribution in [0, 0.1) is 41.3 Å². The van der Waals surface area contributed by atoms with Crippen LogP contribution >= 0.6 is 0 Å². The summed E-state index contributed by atoms with van der Waals surface area (Å²) in [5.41, 5.74) is 2.47. The minimum Gasteiger partial charge on any atom is -0.381 e. The number of ketones is 2. The molecule has 40 heavy (non-hydrogen) atoms. The Kier molecular flexibility index (Phi) is 5.47. The van der Waals surface area contributed by atoms with Gasteiger partial charge in [0.25, 0.3) is 0 Å². The molecule has 7 rings (SSSR count). The average molecular weight is 543 g/mol. The molecule has 1 aromatic carbocycles. The highest BCUT2D eigenvalue weighted by molar-refractivity contribution is 5.92. The van der Waals surface area contributed by atoms with Crippen molar-refractivity contribution in [2.45, 2.75) is 71.4 Å². The first-order valence-electron chi connectivity index (χ1n) is 14.3. The third kappa shape index (κ3) is 3.44. The smallest absolute Gasteiger partial charge is 0.186 e. The predicted molar refractivity (Wildman–Crippen MR) is 147 cm³/mol. The standard InChI is InChI=1S/C32H35FN4O3/c1-19-15-34-36(17-19)18-28(39)32(40)11-10-25-24-9-4-21-12-26-20(16-35-37(26)23-7-5-22(33)6-8-23)13-30(21,2)29(24)27(38)14-31(25,32)3/h5-8,12,15-17,24-25,29,40H,4,9-11,13-14,18H2,1-3H3/t24?,25?,29?,30?,31?,32-/m0/s1. The van der Waals surface area contributed by atoms with E-state index in [0.717, 1.165) is 41.8 Å². The van der Waals surface area contributed by atoms with E-state index in [2.05, 4.69) is 23.2 Å². The quantitative estimate of drug-likeness (QED) is 0.508. The maximum Gasteiger partial charge on any atom is 0.186 e. The van der Waals surface area contributed by atoms with Gasteiger partial charge in [0.1, 0.15) is 23.7 Å². The van der Waals surface area contributed by atoms with Gasteiger partial charge in [-0.2, -0.15) is 10.2 Å². The number of carbonyl (C=O) groups excluding carboxylic acids is 2. The van der Waals surface area contributed by atoms with E-state index in [1.165, 1.54) is 17.7 Å². The number of aromatic nitrogens is 4. The van der Waals surface area contributed by atoms with Crippen LogP contribution in [0.4, 0.5) is 4.39 Å². The molecule has 0 saturated heterocycles. The number of hydrogen-bond acceptors (Lipinski definition) is 5. The van der Waals surface area contributed by atoms with Gasteiger partial charge in [0.15, 0.2) is 5.78 Å². The SMILES string of the molecule is Cc1cnn(CC(=O)[C@@]2(O)CCC3C4CCC5=Cc6c(cnn6-c6ccc(F)cc6)CC5(C)C4C(=O)CC32C)c1. The summed E-state index contributed by atoms with van der Waals surface area (Å²) in [4.78, 5) is 27.7. The topological polar surface area (TPSA) is 90.0 Å². The van der Waals surface area contributed by atoms with Crippen LogP contribution in [0.15, 0.2) is 48.4 Å². The maximum atomic E-state index is 14.2. The number of benzene rings is 1. The Morgan fingerprint density at radius 2 is 1.90 bits per heavy atom. The number of nitrogens with zero attached hydrogens (tertiary/aromatic N) is 4. The molecule has 0 aliphatic heterocycles. The Morgan fingerprint density at radius 1 is 1.12 bits per heavy atom. The van der Waals surface area contributed by atoms with Crippen molar-refractivity contribution in [2.75, 3.05) is 0 Å². The molecule has 7 nitrogen and oxygen atoms in total. The summed E-state index contributed by atoms with van der Waals surface area (Å²) in [6, 6.07) is 6.34. The molecule has 2 aromatic heterocycles. The first kappa shape index (κ1) is 25.6. The van der Waals surface area contributed by atoms with Gasteiger partial charge in [-0.3, -0.25) is 14.3 Å². The summed E-state index contributed by atoms with van der Waals surface area (Å²) in [7, 11) is 0. The van der Waals surface area contributed by atoms with E-state index < -0.39 is 11.0 Å². The summed E-state index contributed by atoms with van der Waals surface area (Å²) in [6.45, 7) is 6.13. The van der Waals surface area contributed by atoms with Crippen molar-refractivity contribution in [2.24, 2.45) is 28.6 Å². The Bertz CT molecular complexity index is 1570. The third-order valence-electron chi connectivity index (χ3n) is 10.9. The number of Topliss-reactive ketones (excluding diaryl/α,β-unsaturated/α-hetero) is 2. The lowest BCUT2D eigenvalue weighted by Gasteiger charge is -2.57. The van der Waals surface area contributed by atoms with Gasteiger partial charge in [0.05, 0.1) is 23.8 Å². The van der Waals surface area contributed by atoms with E-state index in [1.54, 1.807) is 23.0 Å². The number of rotatable bonds is 4. The fourth-order valence-electron chi connectivity index (χ4n) is 8.97. The molecule has 3 fully saturated rings. The summed E-state index contributed by atoms with van der Waals surface area (Å²) in [6.07, 6.45) is 11.4. The molecule has 1 N–H and O–H groups in total. The highest BCUT2D eigenvalue weighted by Gasteiger charge is 2.68. The van der Waals surface area contributed by atoms with E-state index in [0.29, 0.717) is 12.8 Å². The normalized spacial score (nSPS) is 34.5. The van der Waals surface area contributed by atoms with Crippen LogP contribution in [0.25, 0.3) is 11.8 Å². The first-order chi connectivity index (χ1) is 19.0. The second-order valence-electron chi connectivity index (χ2n) is 13.1. The summed E-state index contributed by atoms with van der Waals surface area (Å²) in [5.74, 6) is -0.298. The Morgan fingerprint density at radius 3 is 2.62 bits per heavy atom. The summed E-state index contributed by atoms with van der Waals surface area (Å²) in [5, 5.41) is 20.8. The number of halogens is 1. The molecule has 5 unspecified atom stereocenters. The zero-order valence-corrected chi connectivity index (χ0v) is 23.2. The molecule has 4 aliphatic carbocycles. The lowest BCUT2D eigenvalue weighted by atomic mass is 9.46. The molecule has 0 spiro atoms. The molecule has 2 heterocycles. The van der Waals surface area contributed by atoms with Crippen molar-refractivity contribution >= 4 is 17.6 Å². The third-order valence-corrected chi connectivity index (χ3v) is 10.9. The lowest BCUT2D eigenvalue weighted by Crippen LogP contribution is -2.61. The lowest BCUT2D eigenvalue weighted by molar-refractivity contribution is -0.168. The number of carbonyl (C=O) groups is 2. The molecule has 6 atom stereocenters. The average Bonchev–Trinajstić information content (AvgIpc) is 3.58. The number of hydrogen-bond donors (Lipinski definition) is 1. The highest BCUT2D eigenvalue weighted by Crippen LogP contribution is 2.66. The van der Waals surface area contributed by atoms with Gasteiger partial charge in [0, 0.05) is 29.4 Å². The van der Waals surface area contributed by atoms with Crippen LogP contribution in [-0.2, 0) is 22.6 Å². The molecular formula is C32H35FN4O3. The van der Waals surface area contributed by atoms with Crippen LogP contribution in [0.3, 0.4) is 0 Å². The van der Waals surface area contributed by atoms with Gasteiger partial charge in [-0.15, -0.1) is 0 Å². The molecular weight excluding hydrogens is 507 g/mol. The van der Waals surface area contributed by atoms with Crippen molar-refractivity contribution in [3.05, 3.63) is 71.1 Å². The molecule has 3 aromatic rings. The van der Waals surface area contributed by atoms with E-state index in [-0.39, 0.29) is 53.5 Å². The molecule has 0 radical (unpaired) electrons. The Labute approximate surface area is 233 Å². The van der Waals surface area contributed by atoms with Gasteiger partial charge >= 0.3 is 0 Å². The van der Waals surface area contributed by atoms with Crippen molar-refractivity contribution in [1.29, 1.82) is 0 Å². The van der Waals surface area contributed by atoms with Gasteiger partial charge in [-0.1, -0.05) is 19.4 Å². The highest BCUT2D eigenvalue weighted by atomic mass is 19.1. The zero-order valence-electron chi connectivity index (χ0n) is 23.2. The number of aliphatic hydroxyl groups is 1. The van der Waals surface area contributed by atoms with Crippen molar-refractivity contribution in [1.82, 2.24) is 19.6 Å². The van der Waals surface area contributed by atoms with E-state index in [4.69, 9.17) is 0 Å². The van der Waals surface area contributed by atoms with E-state index in [1.807, 2.05) is 30.9 Å². The minimum atomic E-state index is -1.54. The van der Waals surface area contributed by atoms with Crippen LogP contribution in [0.2, 0.25) is 0 Å². The summed E-state index contributed by atoms with van der Waals surface area (Å²) >= 11 is 0. The number of aryl methyl sites for hydroxylation is 1. The Hall–Kier alpha value is -3.39. The molecule has 8 heteroatoms. The fraction of sp³-hybridized carbons (Fsp3) is 0.500. The van der Waals surface area contributed by atoms with Crippen LogP contribution in [-0.4, -0.2) is 41.8 Å². The van der Waals surface area contributed by atoms with E-state index in [9.17, 15) is 19.1 Å². The van der Waals surface area contributed by atoms with Crippen molar-refractivity contribution in [3.63, 3.8) is 0 Å². The molecule has 0 amide bonds. The van der Waals surface area contributed by atoms with Gasteiger partial charge in [-0.25, -0.2) is 9.07 Å². The van der Waals surface area contributed by atoms with Crippen LogP contribution in [0.1, 0.15) is 62.8 Å². The number of allylic oxidation sites excluding steroid dienone is 1. The van der Waals surface area contributed by atoms with Crippen LogP contribution in [0.5, 0.6) is 0 Å². The predicted octanol–water partition coefficient (Wildman–Crippen LogP) is 4.88. The molecule has 4 aliphatic rings. The molecule has 0 bridgehead atoms. The van der Waals surface area contributed by atoms with Crippen molar-refractivity contribution < 1.29 is 19.1 Å².